The van der Waals surface area contributed by atoms with Crippen LogP contribution in [-0.2, 0) is 0 Å². The number of amides is 1. The summed E-state index contributed by atoms with van der Waals surface area (Å²) in [5.74, 6) is 0.175. The molecule has 1 aromatic rings. The molecule has 94 valence electrons. The molecule has 3 nitrogen and oxygen atoms in total. The van der Waals surface area contributed by atoms with Gasteiger partial charge in [0, 0.05) is 13.1 Å². The van der Waals surface area contributed by atoms with Crippen molar-refractivity contribution in [1.82, 2.24) is 4.90 Å². The number of nitrogens with two attached hydrogens (primary N) is 1. The van der Waals surface area contributed by atoms with E-state index in [-0.39, 0.29) is 5.91 Å². The number of rotatable bonds is 1. The molecule has 1 fully saturated rings. The molecule has 2 N–H and O–H groups in total. The molecule has 0 aliphatic carbocycles. The molecule has 0 unspecified atom stereocenters. The van der Waals surface area contributed by atoms with Crippen molar-refractivity contribution in [2.24, 2.45) is 0 Å². The Morgan fingerprint density at radius 1 is 1.12 bits per heavy atom. The molecule has 1 amide bonds. The summed E-state index contributed by atoms with van der Waals surface area (Å²) < 4.78 is 0. The fraction of sp³-hybridized carbons (Fsp3) is 0.615. The van der Waals surface area contributed by atoms with E-state index < -0.39 is 0 Å². The van der Waals surface area contributed by atoms with Crippen LogP contribution in [0.15, 0.2) is 0 Å². The maximum Gasteiger partial charge on any atom is 0.264 e. The number of hydrogen-bond acceptors (Lipinski definition) is 3. The van der Waals surface area contributed by atoms with Gasteiger partial charge in [0.25, 0.3) is 5.91 Å². The molecule has 1 saturated heterocycles. The SMILES string of the molecule is Cc1c(N)sc(C(=O)N2CCCCCC2)c1C. The molecule has 0 bridgehead atoms. The zero-order chi connectivity index (χ0) is 12.4. The van der Waals surface area contributed by atoms with E-state index in [4.69, 9.17) is 5.73 Å². The molecule has 1 aliphatic rings. The minimum absolute atomic E-state index is 0.175. The highest BCUT2D eigenvalue weighted by molar-refractivity contribution is 7.18. The van der Waals surface area contributed by atoms with Gasteiger partial charge in [-0.25, -0.2) is 0 Å². The average molecular weight is 252 g/mol. The van der Waals surface area contributed by atoms with Gasteiger partial charge in [0.15, 0.2) is 0 Å². The predicted octanol–water partition coefficient (Wildman–Crippen LogP) is 2.96. The predicted molar refractivity (Wildman–Crippen MR) is 72.6 cm³/mol. The van der Waals surface area contributed by atoms with Crippen molar-refractivity contribution in [3.8, 4) is 0 Å². The Morgan fingerprint density at radius 3 is 2.18 bits per heavy atom. The van der Waals surface area contributed by atoms with Gasteiger partial charge in [0.2, 0.25) is 0 Å². The first-order valence-corrected chi connectivity index (χ1v) is 7.07. The molecule has 0 saturated carbocycles. The second-order valence-corrected chi connectivity index (χ2v) is 5.80. The van der Waals surface area contributed by atoms with Crippen LogP contribution in [0.2, 0.25) is 0 Å². The van der Waals surface area contributed by atoms with E-state index in [0.717, 1.165) is 46.9 Å². The summed E-state index contributed by atoms with van der Waals surface area (Å²) in [4.78, 5) is 15.2. The topological polar surface area (TPSA) is 46.3 Å². The molecule has 0 radical (unpaired) electrons. The van der Waals surface area contributed by atoms with Gasteiger partial charge in [0.05, 0.1) is 9.88 Å². The third kappa shape index (κ3) is 2.46. The third-order valence-electron chi connectivity index (χ3n) is 3.57. The molecule has 4 heteroatoms. The van der Waals surface area contributed by atoms with Crippen LogP contribution in [0.3, 0.4) is 0 Å². The largest absolute Gasteiger partial charge is 0.390 e. The summed E-state index contributed by atoms with van der Waals surface area (Å²) in [7, 11) is 0. The van der Waals surface area contributed by atoms with E-state index in [0.29, 0.717) is 0 Å². The number of thiophene rings is 1. The normalized spacial score (nSPS) is 16.9. The monoisotopic (exact) mass is 252 g/mol. The summed E-state index contributed by atoms with van der Waals surface area (Å²) in [6.07, 6.45) is 4.75. The van der Waals surface area contributed by atoms with E-state index >= 15 is 0 Å². The van der Waals surface area contributed by atoms with Crippen LogP contribution in [0.25, 0.3) is 0 Å². The van der Waals surface area contributed by atoms with Gasteiger partial charge in [-0.2, -0.15) is 0 Å². The Kier molecular flexibility index (Phi) is 3.72. The van der Waals surface area contributed by atoms with Gasteiger partial charge in [-0.3, -0.25) is 4.79 Å². The van der Waals surface area contributed by atoms with E-state index in [2.05, 4.69) is 0 Å². The van der Waals surface area contributed by atoms with Crippen molar-refractivity contribution < 1.29 is 4.79 Å². The highest BCUT2D eigenvalue weighted by atomic mass is 32.1. The van der Waals surface area contributed by atoms with Gasteiger partial charge >= 0.3 is 0 Å². The molecule has 2 rings (SSSR count). The zero-order valence-electron chi connectivity index (χ0n) is 10.6. The molecule has 2 heterocycles. The zero-order valence-corrected chi connectivity index (χ0v) is 11.4. The summed E-state index contributed by atoms with van der Waals surface area (Å²) in [6, 6.07) is 0. The van der Waals surface area contributed by atoms with Gasteiger partial charge in [-0.05, 0) is 37.8 Å². The summed E-state index contributed by atoms with van der Waals surface area (Å²) in [5, 5.41) is 0.778. The molecular weight excluding hydrogens is 232 g/mol. The molecule has 17 heavy (non-hydrogen) atoms. The van der Waals surface area contributed by atoms with Crippen LogP contribution in [0, 0.1) is 13.8 Å². The molecule has 0 atom stereocenters. The Hall–Kier alpha value is -1.03. The number of nitrogen functional groups attached to an aromatic ring is 1. The first-order chi connectivity index (χ1) is 8.11. The Labute approximate surface area is 107 Å². The van der Waals surface area contributed by atoms with Gasteiger partial charge in [-0.1, -0.05) is 12.8 Å². The molecular formula is C13H20N2OS. The molecule has 1 aliphatic heterocycles. The summed E-state index contributed by atoms with van der Waals surface area (Å²) in [5.41, 5.74) is 8.01. The van der Waals surface area contributed by atoms with Crippen molar-refractivity contribution in [2.45, 2.75) is 39.5 Å². The van der Waals surface area contributed by atoms with Crippen molar-refractivity contribution in [1.29, 1.82) is 0 Å². The Balaban J connectivity index is 2.20. The number of hydrogen-bond donors (Lipinski definition) is 1. The molecule has 0 aromatic carbocycles. The van der Waals surface area contributed by atoms with Crippen LogP contribution in [-0.4, -0.2) is 23.9 Å². The van der Waals surface area contributed by atoms with Crippen LogP contribution < -0.4 is 5.73 Å². The first-order valence-electron chi connectivity index (χ1n) is 6.26. The number of carbonyl (C=O) groups is 1. The number of carbonyl (C=O) groups excluding carboxylic acids is 1. The minimum Gasteiger partial charge on any atom is -0.390 e. The van der Waals surface area contributed by atoms with Crippen LogP contribution in [0.4, 0.5) is 5.00 Å². The number of anilines is 1. The van der Waals surface area contributed by atoms with Crippen molar-refractivity contribution >= 4 is 22.2 Å². The summed E-state index contributed by atoms with van der Waals surface area (Å²) >= 11 is 1.44. The molecule has 0 spiro atoms. The number of nitrogens with zero attached hydrogens (tertiary/aromatic N) is 1. The van der Waals surface area contributed by atoms with E-state index in [1.807, 2.05) is 18.7 Å². The Bertz CT molecular complexity index is 417. The third-order valence-corrected chi connectivity index (χ3v) is 4.78. The second-order valence-electron chi connectivity index (χ2n) is 4.75. The van der Waals surface area contributed by atoms with Crippen molar-refractivity contribution in [2.75, 3.05) is 18.8 Å². The standard InChI is InChI=1S/C13H20N2OS/c1-9-10(2)12(14)17-11(9)13(16)15-7-5-3-4-6-8-15/h3-8,14H2,1-2H3. The highest BCUT2D eigenvalue weighted by Gasteiger charge is 2.22. The maximum atomic E-state index is 12.4. The maximum absolute atomic E-state index is 12.4. The van der Waals surface area contributed by atoms with E-state index in [1.54, 1.807) is 0 Å². The average Bonchev–Trinajstić information content (AvgIpc) is 2.57. The molecule has 1 aromatic heterocycles. The lowest BCUT2D eigenvalue weighted by molar-refractivity contribution is 0.0766. The lowest BCUT2D eigenvalue weighted by Gasteiger charge is -2.19. The van der Waals surface area contributed by atoms with Gasteiger partial charge in [0.1, 0.15) is 0 Å². The fourth-order valence-corrected chi connectivity index (χ4v) is 3.29. The van der Waals surface area contributed by atoms with E-state index in [1.165, 1.54) is 24.2 Å². The summed E-state index contributed by atoms with van der Waals surface area (Å²) in [6.45, 7) is 5.78. The lowest BCUT2D eigenvalue weighted by atomic mass is 10.1. The fourth-order valence-electron chi connectivity index (χ4n) is 2.24. The highest BCUT2D eigenvalue weighted by Crippen LogP contribution is 2.30. The smallest absolute Gasteiger partial charge is 0.264 e. The van der Waals surface area contributed by atoms with Crippen molar-refractivity contribution in [3.05, 3.63) is 16.0 Å². The van der Waals surface area contributed by atoms with Gasteiger partial charge in [-0.15, -0.1) is 11.3 Å². The van der Waals surface area contributed by atoms with Crippen molar-refractivity contribution in [3.63, 3.8) is 0 Å². The van der Waals surface area contributed by atoms with Crippen LogP contribution in [0.5, 0.6) is 0 Å². The van der Waals surface area contributed by atoms with Gasteiger partial charge < -0.3 is 10.6 Å². The second kappa shape index (κ2) is 5.08. The van der Waals surface area contributed by atoms with Crippen LogP contribution in [0.1, 0.15) is 46.5 Å². The van der Waals surface area contributed by atoms with Crippen LogP contribution >= 0.6 is 11.3 Å². The van der Waals surface area contributed by atoms with E-state index in [9.17, 15) is 4.79 Å². The Morgan fingerprint density at radius 2 is 1.71 bits per heavy atom. The number of likely N-dealkylation sites (tertiary alicyclic amines) is 1. The minimum atomic E-state index is 0.175. The quantitative estimate of drug-likeness (QED) is 0.835. The first kappa shape index (κ1) is 12.4. The lowest BCUT2D eigenvalue weighted by Crippen LogP contribution is -2.31.